The van der Waals surface area contributed by atoms with E-state index in [4.69, 9.17) is 27.9 Å². The van der Waals surface area contributed by atoms with Crippen molar-refractivity contribution in [3.8, 4) is 11.5 Å². The van der Waals surface area contributed by atoms with Gasteiger partial charge in [-0.3, -0.25) is 0 Å². The molecule has 2 unspecified atom stereocenters. The second-order valence-electron chi connectivity index (χ2n) is 6.85. The summed E-state index contributed by atoms with van der Waals surface area (Å²) >= 11 is 12.5. The van der Waals surface area contributed by atoms with Gasteiger partial charge < -0.3 is 20.5 Å². The lowest BCUT2D eigenvalue weighted by atomic mass is 9.97. The second kappa shape index (κ2) is 8.37. The minimum absolute atomic E-state index is 0.130. The van der Waals surface area contributed by atoms with E-state index in [9.17, 15) is 5.11 Å². The van der Waals surface area contributed by atoms with E-state index in [1.807, 2.05) is 60.7 Å². The maximum Gasteiger partial charge on any atom is 0.188 e. The molecule has 4 N–H and O–H groups in total. The average Bonchev–Trinajstić information content (AvgIpc) is 2.74. The van der Waals surface area contributed by atoms with E-state index in [0.717, 1.165) is 22.4 Å². The van der Waals surface area contributed by atoms with Crippen LogP contribution in [-0.4, -0.2) is 12.2 Å². The Morgan fingerprint density at radius 3 is 2.38 bits per heavy atom. The summed E-state index contributed by atoms with van der Waals surface area (Å²) in [5.74, 6) is 0.591. The van der Waals surface area contributed by atoms with Crippen LogP contribution in [0, 0.1) is 0 Å². The Kier molecular flexibility index (Phi) is 5.67. The van der Waals surface area contributed by atoms with Gasteiger partial charge in [0.25, 0.3) is 0 Å². The van der Waals surface area contributed by atoms with Gasteiger partial charge in [0, 0.05) is 22.4 Å². The summed E-state index contributed by atoms with van der Waals surface area (Å²) in [5.41, 5.74) is 3.70. The fraction of sp³-hybridized carbons (Fsp3) is 0.130. The van der Waals surface area contributed by atoms with E-state index in [2.05, 4.69) is 16.7 Å². The lowest BCUT2D eigenvalue weighted by molar-refractivity contribution is -0.731. The zero-order valence-electron chi connectivity index (χ0n) is 15.8. The van der Waals surface area contributed by atoms with E-state index < -0.39 is 0 Å². The van der Waals surface area contributed by atoms with Gasteiger partial charge in [-0.05, 0) is 42.0 Å². The largest absolute Gasteiger partial charge is 0.504 e. The van der Waals surface area contributed by atoms with Crippen LogP contribution >= 0.6 is 23.2 Å². The van der Waals surface area contributed by atoms with Crippen molar-refractivity contribution in [2.24, 2.45) is 0 Å². The summed E-state index contributed by atoms with van der Waals surface area (Å²) in [5, 5.41) is 17.8. The predicted octanol–water partition coefficient (Wildman–Crippen LogP) is 4.66. The number of ether oxygens (including phenoxy) is 1. The number of hydrogen-bond acceptors (Lipinski definition) is 3. The number of methoxy groups -OCH3 is 1. The monoisotopic (exact) mass is 427 g/mol. The maximum atomic E-state index is 10.7. The molecule has 0 aromatic heterocycles. The molecule has 0 radical (unpaired) electrons. The van der Waals surface area contributed by atoms with Crippen molar-refractivity contribution < 1.29 is 15.2 Å². The summed E-state index contributed by atoms with van der Waals surface area (Å²) in [7, 11) is 1.55. The molecule has 0 bridgehead atoms. The van der Waals surface area contributed by atoms with Crippen LogP contribution in [0.1, 0.15) is 28.9 Å². The first-order valence-electron chi connectivity index (χ1n) is 9.26. The molecule has 1 heterocycles. The number of para-hydroxylation sites is 1. The normalized spacial score (nSPS) is 18.7. The zero-order chi connectivity index (χ0) is 20.4. The van der Waals surface area contributed by atoms with Crippen molar-refractivity contribution in [1.29, 1.82) is 0 Å². The topological polar surface area (TPSA) is 58.1 Å². The summed E-state index contributed by atoms with van der Waals surface area (Å²) in [6, 6.07) is 20.8. The Hall–Kier alpha value is -2.66. The number of nitrogens with one attached hydrogen (secondary N) is 1. The summed E-state index contributed by atoms with van der Waals surface area (Å²) in [6.45, 7) is 0. The lowest BCUT2D eigenvalue weighted by Gasteiger charge is -2.30. The molecule has 4 rings (SSSR count). The first-order chi connectivity index (χ1) is 14.1. The van der Waals surface area contributed by atoms with Crippen molar-refractivity contribution in [3.63, 3.8) is 0 Å². The van der Waals surface area contributed by atoms with Gasteiger partial charge in [0.2, 0.25) is 0 Å². The number of nitrogens with two attached hydrogens (primary N) is 1. The first-order valence-corrected chi connectivity index (χ1v) is 10.0. The second-order valence-corrected chi connectivity index (χ2v) is 7.69. The maximum absolute atomic E-state index is 10.7. The Morgan fingerprint density at radius 1 is 0.931 bits per heavy atom. The summed E-state index contributed by atoms with van der Waals surface area (Å²) in [4.78, 5) is 0. The van der Waals surface area contributed by atoms with Crippen molar-refractivity contribution in [2.75, 3.05) is 7.11 Å². The van der Waals surface area contributed by atoms with Crippen molar-refractivity contribution in [1.82, 2.24) is 5.32 Å². The van der Waals surface area contributed by atoms with Crippen LogP contribution in [0.5, 0.6) is 11.5 Å². The Morgan fingerprint density at radius 2 is 1.66 bits per heavy atom. The molecular weight excluding hydrogens is 407 g/mol. The minimum atomic E-state index is -0.140. The van der Waals surface area contributed by atoms with Crippen molar-refractivity contribution in [2.45, 2.75) is 12.2 Å². The number of benzene rings is 3. The third-order valence-electron chi connectivity index (χ3n) is 5.06. The molecule has 148 valence electrons. The summed E-state index contributed by atoms with van der Waals surface area (Å²) < 4.78 is 5.30. The Labute approximate surface area is 179 Å². The number of aromatic hydroxyl groups is 1. The molecule has 1 aliphatic heterocycles. The quantitative estimate of drug-likeness (QED) is 0.567. The molecule has 0 amide bonds. The molecule has 3 aromatic carbocycles. The fourth-order valence-electron chi connectivity index (χ4n) is 3.59. The standard InChI is InChI=1S/C23H20Cl2N2O2/c1-29-21-8-4-6-17(22(21)28)20-13-19(14-9-11-15(24)12-10-14)26-23(27-20)16-5-2-3-7-18(16)25/h2-13,20,23,26-28H,1H3/p+1. The lowest BCUT2D eigenvalue weighted by Crippen LogP contribution is -2.89. The molecule has 3 aromatic rings. The number of phenolic OH excluding ortho intramolecular Hbond substituents is 1. The molecule has 0 aliphatic carbocycles. The van der Waals surface area contributed by atoms with Gasteiger partial charge in [-0.2, -0.15) is 0 Å². The average molecular weight is 428 g/mol. The van der Waals surface area contributed by atoms with Gasteiger partial charge in [-0.1, -0.05) is 53.5 Å². The molecule has 0 saturated carbocycles. The third-order valence-corrected chi connectivity index (χ3v) is 5.66. The number of quaternary nitrogens is 1. The van der Waals surface area contributed by atoms with Crippen LogP contribution in [0.2, 0.25) is 10.0 Å². The molecule has 29 heavy (non-hydrogen) atoms. The molecule has 0 saturated heterocycles. The van der Waals surface area contributed by atoms with Crippen LogP contribution < -0.4 is 15.4 Å². The van der Waals surface area contributed by atoms with Gasteiger partial charge in [-0.15, -0.1) is 0 Å². The van der Waals surface area contributed by atoms with Gasteiger partial charge in [-0.25, -0.2) is 0 Å². The van der Waals surface area contributed by atoms with Gasteiger partial charge >= 0.3 is 0 Å². The minimum Gasteiger partial charge on any atom is -0.504 e. The summed E-state index contributed by atoms with van der Waals surface area (Å²) in [6.07, 6.45) is 1.96. The molecule has 2 atom stereocenters. The molecule has 4 nitrogen and oxygen atoms in total. The molecule has 6 heteroatoms. The van der Waals surface area contributed by atoms with Crippen LogP contribution in [0.15, 0.2) is 72.8 Å². The molecule has 0 spiro atoms. The third kappa shape index (κ3) is 4.06. The fourth-order valence-corrected chi connectivity index (χ4v) is 3.97. The van der Waals surface area contributed by atoms with Crippen LogP contribution in [0.4, 0.5) is 0 Å². The number of halogens is 2. The van der Waals surface area contributed by atoms with Crippen LogP contribution in [0.3, 0.4) is 0 Å². The SMILES string of the molecule is COc1cccc(C2C=C(c3ccc(Cl)cc3)NC(c3ccccc3Cl)[NH2+]2)c1O. The number of phenols is 1. The molecule has 0 fully saturated rings. The number of hydrogen-bond donors (Lipinski definition) is 3. The van der Waals surface area contributed by atoms with E-state index >= 15 is 0 Å². The zero-order valence-corrected chi connectivity index (χ0v) is 17.3. The highest BCUT2D eigenvalue weighted by Crippen LogP contribution is 2.35. The number of rotatable bonds is 4. The highest BCUT2D eigenvalue weighted by molar-refractivity contribution is 6.31. The smallest absolute Gasteiger partial charge is 0.188 e. The van der Waals surface area contributed by atoms with Crippen molar-refractivity contribution in [3.05, 3.63) is 99.5 Å². The van der Waals surface area contributed by atoms with E-state index in [1.165, 1.54) is 0 Å². The Bertz CT molecular complexity index is 1050. The van der Waals surface area contributed by atoms with Crippen LogP contribution in [0.25, 0.3) is 5.70 Å². The van der Waals surface area contributed by atoms with E-state index in [1.54, 1.807) is 13.2 Å². The Balaban J connectivity index is 1.79. The van der Waals surface area contributed by atoms with Gasteiger partial charge in [0.15, 0.2) is 17.7 Å². The van der Waals surface area contributed by atoms with E-state index in [0.29, 0.717) is 15.8 Å². The molecular formula is C23H21Cl2N2O2+. The van der Waals surface area contributed by atoms with Crippen LogP contribution in [-0.2, 0) is 0 Å². The van der Waals surface area contributed by atoms with Gasteiger partial charge in [0.1, 0.15) is 6.04 Å². The highest BCUT2D eigenvalue weighted by Gasteiger charge is 2.31. The van der Waals surface area contributed by atoms with E-state index in [-0.39, 0.29) is 18.0 Å². The first kappa shape index (κ1) is 19.6. The highest BCUT2D eigenvalue weighted by atomic mass is 35.5. The predicted molar refractivity (Wildman–Crippen MR) is 116 cm³/mol. The van der Waals surface area contributed by atoms with Crippen molar-refractivity contribution >= 4 is 28.9 Å². The van der Waals surface area contributed by atoms with Gasteiger partial charge in [0.05, 0.1) is 17.7 Å². The molecule has 1 aliphatic rings.